The molecule has 34 heavy (non-hydrogen) atoms. The summed E-state index contributed by atoms with van der Waals surface area (Å²) >= 11 is 0. The fourth-order valence-electron chi connectivity index (χ4n) is 3.32. The summed E-state index contributed by atoms with van der Waals surface area (Å²) in [6.07, 6.45) is 0. The zero-order valence-electron chi connectivity index (χ0n) is 17.8. The Balaban J connectivity index is 1.21. The minimum atomic E-state index is -0.377. The third-order valence-electron chi connectivity index (χ3n) is 4.99. The van der Waals surface area contributed by atoms with Crippen LogP contribution < -0.4 is 16.0 Å². The molecule has 0 unspecified atom stereocenters. The van der Waals surface area contributed by atoms with Crippen molar-refractivity contribution in [1.82, 2.24) is 20.2 Å². The molecular weight excluding hydrogens is 430 g/mol. The predicted molar refractivity (Wildman–Crippen MR) is 131 cm³/mol. The minimum Gasteiger partial charge on any atom is -0.308 e. The van der Waals surface area contributed by atoms with Crippen LogP contribution in [-0.2, 0) is 0 Å². The minimum absolute atomic E-state index is 0.138. The Kier molecular flexibility index (Phi) is 5.64. The maximum atomic E-state index is 12.6. The van der Waals surface area contributed by atoms with Crippen molar-refractivity contribution in [3.63, 3.8) is 0 Å². The Labute approximate surface area is 194 Å². The lowest BCUT2D eigenvalue weighted by Gasteiger charge is -2.08. The first-order valence-electron chi connectivity index (χ1n) is 10.5. The van der Waals surface area contributed by atoms with Crippen LogP contribution in [0.3, 0.4) is 0 Å². The van der Waals surface area contributed by atoms with E-state index >= 15 is 0 Å². The summed E-state index contributed by atoms with van der Waals surface area (Å²) in [5, 5.41) is 16.0. The number of para-hydroxylation sites is 2. The van der Waals surface area contributed by atoms with Gasteiger partial charge in [-0.3, -0.25) is 15.2 Å². The number of nitrogens with one attached hydrogen (secondary N) is 4. The summed E-state index contributed by atoms with van der Waals surface area (Å²) in [6, 6.07) is 26.8. The van der Waals surface area contributed by atoms with Gasteiger partial charge in [0.25, 0.3) is 5.91 Å². The van der Waals surface area contributed by atoms with Gasteiger partial charge in [-0.1, -0.05) is 42.5 Å². The SMILES string of the molecule is O=C(Nc1ccccc1)Nc1ccc(C(=O)Nc2n[nH]c(-c3ccc4ccccc4n3)n2)cc1. The third kappa shape index (κ3) is 4.73. The number of fused-ring (bicyclic) bond motifs is 1. The van der Waals surface area contributed by atoms with E-state index in [9.17, 15) is 9.59 Å². The molecule has 0 saturated carbocycles. The number of hydrogen-bond acceptors (Lipinski definition) is 5. The lowest BCUT2D eigenvalue weighted by Crippen LogP contribution is -2.19. The number of benzene rings is 3. The molecule has 0 spiro atoms. The lowest BCUT2D eigenvalue weighted by molar-refractivity contribution is 0.102. The van der Waals surface area contributed by atoms with E-state index in [1.54, 1.807) is 36.4 Å². The molecule has 166 valence electrons. The van der Waals surface area contributed by atoms with Gasteiger partial charge in [0.1, 0.15) is 5.69 Å². The summed E-state index contributed by atoms with van der Waals surface area (Å²) in [4.78, 5) is 33.6. The number of anilines is 3. The molecule has 0 radical (unpaired) electrons. The van der Waals surface area contributed by atoms with E-state index in [2.05, 4.69) is 36.1 Å². The number of amides is 3. The summed E-state index contributed by atoms with van der Waals surface area (Å²) < 4.78 is 0. The van der Waals surface area contributed by atoms with Gasteiger partial charge in [-0.25, -0.2) is 9.78 Å². The highest BCUT2D eigenvalue weighted by atomic mass is 16.2. The van der Waals surface area contributed by atoms with Gasteiger partial charge in [-0.05, 0) is 48.5 Å². The number of urea groups is 1. The Morgan fingerprint density at radius 1 is 0.676 bits per heavy atom. The molecule has 9 heteroatoms. The molecule has 0 aliphatic heterocycles. The van der Waals surface area contributed by atoms with Gasteiger partial charge in [0.05, 0.1) is 5.52 Å². The Morgan fingerprint density at radius 2 is 1.38 bits per heavy atom. The molecule has 0 fully saturated rings. The van der Waals surface area contributed by atoms with Crippen molar-refractivity contribution in [2.24, 2.45) is 0 Å². The van der Waals surface area contributed by atoms with Crippen molar-refractivity contribution in [3.05, 3.63) is 96.6 Å². The van der Waals surface area contributed by atoms with Gasteiger partial charge in [-0.2, -0.15) is 4.98 Å². The second-order valence-corrected chi connectivity index (χ2v) is 7.37. The van der Waals surface area contributed by atoms with Crippen LogP contribution in [-0.4, -0.2) is 32.1 Å². The molecule has 5 aromatic rings. The number of pyridine rings is 1. The first-order valence-corrected chi connectivity index (χ1v) is 10.5. The van der Waals surface area contributed by atoms with Gasteiger partial charge in [0.15, 0.2) is 5.82 Å². The summed E-state index contributed by atoms with van der Waals surface area (Å²) in [5.74, 6) is 0.210. The number of nitrogens with zero attached hydrogens (tertiary/aromatic N) is 3. The van der Waals surface area contributed by atoms with Crippen molar-refractivity contribution >= 4 is 40.2 Å². The highest BCUT2D eigenvalue weighted by Crippen LogP contribution is 2.19. The Bertz CT molecular complexity index is 1460. The molecule has 2 heterocycles. The fraction of sp³-hybridized carbons (Fsp3) is 0. The molecule has 2 aromatic heterocycles. The van der Waals surface area contributed by atoms with Crippen molar-refractivity contribution in [1.29, 1.82) is 0 Å². The van der Waals surface area contributed by atoms with Crippen LogP contribution in [0, 0.1) is 0 Å². The molecule has 9 nitrogen and oxygen atoms in total. The zero-order valence-corrected chi connectivity index (χ0v) is 17.8. The molecule has 3 amide bonds. The van der Waals surface area contributed by atoms with Crippen LogP contribution in [0.4, 0.5) is 22.1 Å². The Morgan fingerprint density at radius 3 is 2.18 bits per heavy atom. The average molecular weight is 449 g/mol. The third-order valence-corrected chi connectivity index (χ3v) is 4.99. The smallest absolute Gasteiger partial charge is 0.308 e. The van der Waals surface area contributed by atoms with Crippen LogP contribution in [0.1, 0.15) is 10.4 Å². The predicted octanol–water partition coefficient (Wildman–Crippen LogP) is 4.92. The number of aromatic nitrogens is 4. The fourth-order valence-corrected chi connectivity index (χ4v) is 3.32. The second kappa shape index (κ2) is 9.21. The number of carbonyl (C=O) groups excluding carboxylic acids is 2. The highest BCUT2D eigenvalue weighted by molar-refractivity contribution is 6.04. The summed E-state index contributed by atoms with van der Waals surface area (Å²) in [6.45, 7) is 0. The molecule has 0 saturated heterocycles. The van der Waals surface area contributed by atoms with Crippen LogP contribution >= 0.6 is 0 Å². The number of H-pyrrole nitrogens is 1. The summed E-state index contributed by atoms with van der Waals surface area (Å²) in [5.41, 5.74) is 3.08. The molecule has 4 N–H and O–H groups in total. The highest BCUT2D eigenvalue weighted by Gasteiger charge is 2.12. The van der Waals surface area contributed by atoms with Crippen molar-refractivity contribution < 1.29 is 9.59 Å². The van der Waals surface area contributed by atoms with E-state index in [0.717, 1.165) is 10.9 Å². The van der Waals surface area contributed by atoms with E-state index in [-0.39, 0.29) is 17.9 Å². The van der Waals surface area contributed by atoms with Gasteiger partial charge >= 0.3 is 6.03 Å². The molecule has 0 bridgehead atoms. The Hall–Kier alpha value is -5.05. The molecule has 0 aliphatic carbocycles. The van der Waals surface area contributed by atoms with Gasteiger partial charge in [0, 0.05) is 22.3 Å². The van der Waals surface area contributed by atoms with Crippen LogP contribution in [0.2, 0.25) is 0 Å². The van der Waals surface area contributed by atoms with E-state index in [1.165, 1.54) is 0 Å². The maximum Gasteiger partial charge on any atom is 0.323 e. The number of rotatable bonds is 5. The van der Waals surface area contributed by atoms with Crippen molar-refractivity contribution in [2.45, 2.75) is 0 Å². The van der Waals surface area contributed by atoms with Gasteiger partial charge in [0.2, 0.25) is 5.95 Å². The topological polar surface area (TPSA) is 125 Å². The molecule has 0 aliphatic rings. The first kappa shape index (κ1) is 20.8. The average Bonchev–Trinajstić information content (AvgIpc) is 3.33. The van der Waals surface area contributed by atoms with Crippen LogP contribution in [0.5, 0.6) is 0 Å². The maximum absolute atomic E-state index is 12.6. The normalized spacial score (nSPS) is 10.6. The largest absolute Gasteiger partial charge is 0.323 e. The molecular formula is C25H19N7O2. The van der Waals surface area contributed by atoms with Gasteiger partial charge < -0.3 is 10.6 Å². The van der Waals surface area contributed by atoms with Gasteiger partial charge in [-0.15, -0.1) is 5.10 Å². The first-order chi connectivity index (χ1) is 16.6. The van der Waals surface area contributed by atoms with Crippen molar-refractivity contribution in [2.75, 3.05) is 16.0 Å². The quantitative estimate of drug-likeness (QED) is 0.303. The number of hydrogen-bond donors (Lipinski definition) is 4. The number of aromatic amines is 1. The molecule has 3 aromatic carbocycles. The molecule has 5 rings (SSSR count). The zero-order chi connectivity index (χ0) is 23.3. The van der Waals surface area contributed by atoms with E-state index in [0.29, 0.717) is 28.5 Å². The number of carbonyl (C=O) groups is 2. The van der Waals surface area contributed by atoms with E-state index in [1.807, 2.05) is 54.6 Å². The summed E-state index contributed by atoms with van der Waals surface area (Å²) in [7, 11) is 0. The molecule has 0 atom stereocenters. The lowest BCUT2D eigenvalue weighted by atomic mass is 10.2. The standard InChI is InChI=1S/C25H19N7O2/c33-23(17-10-13-19(14-11-17)27-25(34)26-18-7-2-1-3-8-18)30-24-29-22(31-32-24)21-15-12-16-6-4-5-9-20(16)28-21/h1-15H,(H2,26,27,34)(H2,29,30,31,32,33). The van der Waals surface area contributed by atoms with E-state index in [4.69, 9.17) is 0 Å². The monoisotopic (exact) mass is 449 g/mol. The second-order valence-electron chi connectivity index (χ2n) is 7.37. The van der Waals surface area contributed by atoms with E-state index < -0.39 is 0 Å². The van der Waals surface area contributed by atoms with Crippen LogP contribution in [0.15, 0.2) is 91.0 Å². The van der Waals surface area contributed by atoms with Crippen LogP contribution in [0.25, 0.3) is 22.4 Å². The van der Waals surface area contributed by atoms with Crippen molar-refractivity contribution in [3.8, 4) is 11.5 Å².